The van der Waals surface area contributed by atoms with Gasteiger partial charge in [-0.3, -0.25) is 4.79 Å². The van der Waals surface area contributed by atoms with Gasteiger partial charge in [0.2, 0.25) is 5.95 Å². The van der Waals surface area contributed by atoms with E-state index in [1.165, 1.54) is 18.2 Å². The van der Waals surface area contributed by atoms with Gasteiger partial charge in [-0.15, -0.1) is 0 Å². The number of aromatic nitrogens is 2. The number of carbonyl (C=O) groups is 1. The first-order chi connectivity index (χ1) is 16.5. The molecule has 3 aromatic rings. The second kappa shape index (κ2) is 9.46. The highest BCUT2D eigenvalue weighted by Crippen LogP contribution is 2.34. The molecular formula is C26H26F2N4O2. The lowest BCUT2D eigenvalue weighted by molar-refractivity contribution is 0.0729. The molecule has 6 nitrogen and oxygen atoms in total. The molecule has 176 valence electrons. The first kappa shape index (κ1) is 22.4. The van der Waals surface area contributed by atoms with Crippen LogP contribution in [0.2, 0.25) is 0 Å². The molecule has 34 heavy (non-hydrogen) atoms. The van der Waals surface area contributed by atoms with Crippen molar-refractivity contribution in [2.75, 3.05) is 31.2 Å². The van der Waals surface area contributed by atoms with E-state index in [2.05, 4.69) is 4.98 Å². The van der Waals surface area contributed by atoms with Crippen LogP contribution in [0.1, 0.15) is 34.5 Å². The summed E-state index contributed by atoms with van der Waals surface area (Å²) in [7, 11) is 0. The zero-order valence-corrected chi connectivity index (χ0v) is 19.0. The molecule has 0 atom stereocenters. The molecule has 0 spiro atoms. The Kier molecular flexibility index (Phi) is 6.24. The van der Waals surface area contributed by atoms with Crippen molar-refractivity contribution in [3.63, 3.8) is 0 Å². The molecule has 1 saturated carbocycles. The summed E-state index contributed by atoms with van der Waals surface area (Å²) in [6.07, 6.45) is 1.79. The third-order valence-electron chi connectivity index (χ3n) is 6.23. The fourth-order valence-electron chi connectivity index (χ4n) is 4.25. The number of hydrogen-bond acceptors (Lipinski definition) is 5. The van der Waals surface area contributed by atoms with Crippen molar-refractivity contribution in [3.8, 4) is 11.3 Å². The number of nitrogens with zero attached hydrogens (tertiary/aromatic N) is 4. The largest absolute Gasteiger partial charge is 0.378 e. The van der Waals surface area contributed by atoms with E-state index < -0.39 is 5.82 Å². The van der Waals surface area contributed by atoms with Crippen LogP contribution in [0.4, 0.5) is 14.7 Å². The van der Waals surface area contributed by atoms with E-state index in [0.717, 1.165) is 18.4 Å². The quantitative estimate of drug-likeness (QED) is 0.542. The minimum atomic E-state index is -0.445. The van der Waals surface area contributed by atoms with Gasteiger partial charge in [-0.1, -0.05) is 24.3 Å². The molecule has 2 aliphatic rings. The Labute approximate surface area is 197 Å². The molecule has 0 radical (unpaired) electrons. The maximum atomic E-state index is 14.9. The maximum Gasteiger partial charge on any atom is 0.258 e. The van der Waals surface area contributed by atoms with Gasteiger partial charge in [0.15, 0.2) is 0 Å². The van der Waals surface area contributed by atoms with Crippen molar-refractivity contribution in [1.29, 1.82) is 0 Å². The second-order valence-corrected chi connectivity index (χ2v) is 8.70. The Bertz CT molecular complexity index is 1190. The van der Waals surface area contributed by atoms with Crippen molar-refractivity contribution < 1.29 is 18.3 Å². The van der Waals surface area contributed by atoms with Crippen LogP contribution in [0.25, 0.3) is 11.3 Å². The second-order valence-electron chi connectivity index (χ2n) is 8.70. The van der Waals surface area contributed by atoms with Crippen LogP contribution < -0.4 is 4.90 Å². The normalized spacial score (nSPS) is 15.9. The number of carbonyl (C=O) groups excluding carboxylic acids is 1. The predicted molar refractivity (Wildman–Crippen MR) is 124 cm³/mol. The predicted octanol–water partition coefficient (Wildman–Crippen LogP) is 4.37. The van der Waals surface area contributed by atoms with Crippen molar-refractivity contribution >= 4 is 11.9 Å². The van der Waals surface area contributed by atoms with Gasteiger partial charge in [0.05, 0.1) is 30.2 Å². The summed E-state index contributed by atoms with van der Waals surface area (Å²) in [4.78, 5) is 27.1. The molecule has 2 heterocycles. The molecule has 8 heteroatoms. The highest BCUT2D eigenvalue weighted by molar-refractivity contribution is 6.01. The van der Waals surface area contributed by atoms with Crippen LogP contribution in [0, 0.1) is 18.6 Å². The number of morpholine rings is 1. The van der Waals surface area contributed by atoms with Crippen molar-refractivity contribution in [2.45, 2.75) is 32.4 Å². The number of amides is 1. The molecule has 1 aromatic heterocycles. The minimum Gasteiger partial charge on any atom is -0.378 e. The van der Waals surface area contributed by atoms with Crippen LogP contribution in [-0.2, 0) is 11.3 Å². The smallest absolute Gasteiger partial charge is 0.258 e. The number of anilines is 1. The fraction of sp³-hybridized carbons (Fsp3) is 0.346. The lowest BCUT2D eigenvalue weighted by Crippen LogP contribution is -2.38. The standard InChI is InChI=1S/C26H26F2N4O2/c1-17-23(25(33)32(20-10-11-20)16-18-6-8-19(27)9-7-18)24(21-4-2-3-5-22(21)28)30-26(29-17)31-12-14-34-15-13-31/h2-9,20H,10-16H2,1H3. The van der Waals surface area contributed by atoms with Crippen molar-refractivity contribution in [3.05, 3.63) is 77.0 Å². The molecular weight excluding hydrogens is 438 g/mol. The zero-order valence-electron chi connectivity index (χ0n) is 19.0. The summed E-state index contributed by atoms with van der Waals surface area (Å²) >= 11 is 0. The van der Waals surface area contributed by atoms with E-state index in [9.17, 15) is 13.6 Å². The van der Waals surface area contributed by atoms with Crippen LogP contribution >= 0.6 is 0 Å². The lowest BCUT2D eigenvalue weighted by Gasteiger charge is -2.29. The summed E-state index contributed by atoms with van der Waals surface area (Å²) in [5, 5.41) is 0. The van der Waals surface area contributed by atoms with Gasteiger partial charge >= 0.3 is 0 Å². The van der Waals surface area contributed by atoms with E-state index in [0.29, 0.717) is 55.7 Å². The fourth-order valence-corrected chi connectivity index (χ4v) is 4.25. The van der Waals surface area contributed by atoms with Gasteiger partial charge < -0.3 is 14.5 Å². The van der Waals surface area contributed by atoms with Gasteiger partial charge in [-0.2, -0.15) is 0 Å². The topological polar surface area (TPSA) is 58.6 Å². The molecule has 1 amide bonds. The molecule has 1 aliphatic carbocycles. The maximum absolute atomic E-state index is 14.9. The Hall–Kier alpha value is -3.39. The zero-order chi connectivity index (χ0) is 23.7. The van der Waals surface area contributed by atoms with E-state index in [1.807, 2.05) is 4.90 Å². The average molecular weight is 465 g/mol. The third-order valence-corrected chi connectivity index (χ3v) is 6.23. The Morgan fingerprint density at radius 3 is 2.44 bits per heavy atom. The number of halogens is 2. The van der Waals surface area contributed by atoms with Gasteiger partial charge in [0.25, 0.3) is 5.91 Å². The molecule has 1 aliphatic heterocycles. The third kappa shape index (κ3) is 4.63. The Morgan fingerprint density at radius 2 is 1.76 bits per heavy atom. The molecule has 0 N–H and O–H groups in total. The van der Waals surface area contributed by atoms with E-state index in [-0.39, 0.29) is 23.3 Å². The van der Waals surface area contributed by atoms with Crippen LogP contribution in [-0.4, -0.2) is 53.1 Å². The summed E-state index contributed by atoms with van der Waals surface area (Å²) in [6, 6.07) is 12.6. The van der Waals surface area contributed by atoms with Gasteiger partial charge in [0.1, 0.15) is 11.6 Å². The molecule has 0 unspecified atom stereocenters. The number of ether oxygens (including phenoxy) is 1. The van der Waals surface area contributed by atoms with Gasteiger partial charge in [-0.25, -0.2) is 18.7 Å². The first-order valence-corrected chi connectivity index (χ1v) is 11.5. The summed E-state index contributed by atoms with van der Waals surface area (Å²) in [5.74, 6) is -0.542. The lowest BCUT2D eigenvalue weighted by atomic mass is 10.0. The highest BCUT2D eigenvalue weighted by Gasteiger charge is 2.36. The Morgan fingerprint density at radius 1 is 1.06 bits per heavy atom. The Balaban J connectivity index is 1.58. The molecule has 0 bridgehead atoms. The van der Waals surface area contributed by atoms with Gasteiger partial charge in [-0.05, 0) is 49.6 Å². The number of rotatable bonds is 6. The van der Waals surface area contributed by atoms with Crippen LogP contribution in [0.3, 0.4) is 0 Å². The minimum absolute atomic E-state index is 0.0874. The summed E-state index contributed by atoms with van der Waals surface area (Å²) < 4.78 is 33.8. The van der Waals surface area contributed by atoms with Crippen LogP contribution in [0.5, 0.6) is 0 Å². The van der Waals surface area contributed by atoms with Crippen molar-refractivity contribution in [2.24, 2.45) is 0 Å². The monoisotopic (exact) mass is 464 g/mol. The highest BCUT2D eigenvalue weighted by atomic mass is 19.1. The number of hydrogen-bond donors (Lipinski definition) is 0. The first-order valence-electron chi connectivity index (χ1n) is 11.5. The molecule has 2 aromatic carbocycles. The average Bonchev–Trinajstić information content (AvgIpc) is 3.69. The van der Waals surface area contributed by atoms with E-state index in [4.69, 9.17) is 9.72 Å². The van der Waals surface area contributed by atoms with E-state index >= 15 is 0 Å². The number of aryl methyl sites for hydroxylation is 1. The van der Waals surface area contributed by atoms with E-state index in [1.54, 1.807) is 42.2 Å². The van der Waals surface area contributed by atoms with Gasteiger partial charge in [0, 0.05) is 31.2 Å². The summed E-state index contributed by atoms with van der Waals surface area (Å²) in [5.41, 5.74) is 2.20. The number of benzene rings is 2. The summed E-state index contributed by atoms with van der Waals surface area (Å²) in [6.45, 7) is 4.48. The molecule has 1 saturated heterocycles. The van der Waals surface area contributed by atoms with Crippen LogP contribution in [0.15, 0.2) is 48.5 Å². The SMILES string of the molecule is Cc1nc(N2CCOCC2)nc(-c2ccccc2F)c1C(=O)N(Cc1ccc(F)cc1)C1CC1. The van der Waals surface area contributed by atoms with Crippen molar-refractivity contribution in [1.82, 2.24) is 14.9 Å². The molecule has 2 fully saturated rings. The molecule has 5 rings (SSSR count).